The molecule has 5 heteroatoms. The Morgan fingerprint density at radius 2 is 0.905 bits per heavy atom. The van der Waals surface area contributed by atoms with E-state index in [4.69, 9.17) is 9.47 Å². The average Bonchev–Trinajstić information content (AvgIpc) is 3.54. The van der Waals surface area contributed by atoms with Crippen molar-refractivity contribution in [2.24, 2.45) is 0 Å². The minimum Gasteiger partial charge on any atom is -1.00 e. The first-order chi connectivity index (χ1) is 19.0. The molecular weight excluding hydrogens is 726 g/mol. The Morgan fingerprint density at radius 1 is 0.571 bits per heavy atom. The van der Waals surface area contributed by atoms with Crippen molar-refractivity contribution in [3.8, 4) is 33.8 Å². The van der Waals surface area contributed by atoms with Crippen molar-refractivity contribution < 1.29 is 60.1 Å². The molecule has 0 atom stereocenters. The summed E-state index contributed by atoms with van der Waals surface area (Å²) in [6, 6.07) is 38.3. The second-order valence-electron chi connectivity index (χ2n) is 9.49. The van der Waals surface area contributed by atoms with Gasteiger partial charge >= 0.3 is 0 Å². The number of fused-ring (bicyclic) bond motifs is 2. The zero-order valence-corrected chi connectivity index (χ0v) is 29.7. The largest absolute Gasteiger partial charge is 1.00 e. The number of benzene rings is 4. The average molecular weight is 762 g/mol. The summed E-state index contributed by atoms with van der Waals surface area (Å²) in [7, 11) is 3.38. The molecule has 0 aromatic heterocycles. The van der Waals surface area contributed by atoms with Crippen molar-refractivity contribution in [2.75, 3.05) is 14.2 Å². The molecular formula is C37H36Cl2HfO2-6. The Balaban J connectivity index is 0.000000361. The Morgan fingerprint density at radius 3 is 1.21 bits per heavy atom. The van der Waals surface area contributed by atoms with Crippen molar-refractivity contribution in [3.05, 3.63) is 134 Å². The van der Waals surface area contributed by atoms with E-state index in [-0.39, 0.29) is 50.7 Å². The van der Waals surface area contributed by atoms with Gasteiger partial charge in [-0.25, -0.2) is 0 Å². The van der Waals surface area contributed by atoms with E-state index in [1.807, 2.05) is 24.3 Å². The van der Waals surface area contributed by atoms with E-state index in [0.717, 1.165) is 17.9 Å². The molecule has 0 N–H and O–H groups in total. The Kier molecular flexibility index (Phi) is 15.9. The number of hydrogen-bond acceptors (Lipinski definition) is 2. The smallest absolute Gasteiger partial charge is 0.118 e. The van der Waals surface area contributed by atoms with Crippen molar-refractivity contribution in [1.29, 1.82) is 0 Å². The van der Waals surface area contributed by atoms with Gasteiger partial charge in [-0.3, -0.25) is 0 Å². The summed E-state index contributed by atoms with van der Waals surface area (Å²) < 4.78 is 10.4. The maximum atomic E-state index is 5.20. The monoisotopic (exact) mass is 762 g/mol. The van der Waals surface area contributed by atoms with Gasteiger partial charge in [-0.2, -0.15) is 12.1 Å². The number of methoxy groups -OCH3 is 2. The van der Waals surface area contributed by atoms with Crippen LogP contribution in [-0.4, -0.2) is 14.2 Å². The molecule has 0 saturated heterocycles. The van der Waals surface area contributed by atoms with Gasteiger partial charge in [-0.05, 0) is 35.4 Å². The molecule has 0 aliphatic carbocycles. The first-order valence-electron chi connectivity index (χ1n) is 13.2. The molecule has 0 saturated carbocycles. The van der Waals surface area contributed by atoms with Crippen LogP contribution in [0.5, 0.6) is 11.5 Å². The third-order valence-electron chi connectivity index (χ3n) is 6.59. The minimum atomic E-state index is 0. The third kappa shape index (κ3) is 9.07. The van der Waals surface area contributed by atoms with E-state index in [1.165, 1.54) is 54.9 Å². The van der Waals surface area contributed by atoms with E-state index in [0.29, 0.717) is 0 Å². The van der Waals surface area contributed by atoms with Crippen LogP contribution in [0, 0.1) is 27.7 Å². The van der Waals surface area contributed by atoms with Gasteiger partial charge in [0.25, 0.3) is 0 Å². The van der Waals surface area contributed by atoms with Gasteiger partial charge in [0.05, 0.1) is 14.2 Å². The van der Waals surface area contributed by atoms with E-state index >= 15 is 0 Å². The predicted octanol–water partition coefficient (Wildman–Crippen LogP) is 4.14. The summed E-state index contributed by atoms with van der Waals surface area (Å²) in [6.45, 7) is 11.0. The van der Waals surface area contributed by atoms with Crippen LogP contribution in [0.3, 0.4) is 0 Å². The number of halogens is 2. The van der Waals surface area contributed by atoms with Crippen molar-refractivity contribution in [1.82, 2.24) is 0 Å². The maximum Gasteiger partial charge on any atom is 0.118 e. The van der Waals surface area contributed by atoms with Crippen molar-refractivity contribution >= 4 is 21.5 Å². The zero-order valence-electron chi connectivity index (χ0n) is 24.6. The van der Waals surface area contributed by atoms with Crippen LogP contribution in [0.2, 0.25) is 0 Å². The molecule has 6 aromatic rings. The first-order valence-corrected chi connectivity index (χ1v) is 13.2. The molecule has 2 nitrogen and oxygen atoms in total. The Labute approximate surface area is 282 Å². The summed E-state index contributed by atoms with van der Waals surface area (Å²) in [5, 5.41) is 5.25. The molecule has 0 amide bonds. The molecule has 0 bridgehead atoms. The van der Waals surface area contributed by atoms with E-state index in [2.05, 4.69) is 113 Å². The number of hydrogen-bond donors (Lipinski definition) is 0. The van der Waals surface area contributed by atoms with Gasteiger partial charge in [0, 0.05) is 25.8 Å². The fourth-order valence-electron chi connectivity index (χ4n) is 4.81. The summed E-state index contributed by atoms with van der Waals surface area (Å²) in [5.41, 5.74) is 7.64. The molecule has 0 fully saturated rings. The molecule has 0 heterocycles. The molecule has 0 aliphatic heterocycles. The van der Waals surface area contributed by atoms with Crippen LogP contribution in [0.25, 0.3) is 43.8 Å². The molecule has 42 heavy (non-hydrogen) atoms. The zero-order chi connectivity index (χ0) is 27.8. The minimum absolute atomic E-state index is 0. The maximum absolute atomic E-state index is 5.20. The molecule has 6 aromatic carbocycles. The van der Waals surface area contributed by atoms with E-state index in [9.17, 15) is 0 Å². The summed E-state index contributed by atoms with van der Waals surface area (Å²) in [4.78, 5) is 0. The summed E-state index contributed by atoms with van der Waals surface area (Å²) in [5.74, 6) is 1.79. The summed E-state index contributed by atoms with van der Waals surface area (Å²) >= 11 is 0. The van der Waals surface area contributed by atoms with Crippen LogP contribution in [0.15, 0.2) is 109 Å². The van der Waals surface area contributed by atoms with Crippen LogP contribution in [-0.2, 0) is 25.8 Å². The topological polar surface area (TPSA) is 18.5 Å². The third-order valence-corrected chi connectivity index (χ3v) is 6.59. The van der Waals surface area contributed by atoms with Crippen molar-refractivity contribution in [2.45, 2.75) is 20.3 Å². The SMILES string of the molecule is COc1ccc(-c2cccc3[cH-]c(C)cc23)cc1.COc1ccc(-c2cccc3[cH-]c(C)cc23)cc1.[CH2-]C[CH2-].[Cl-].[Cl-].[Hf]. The second kappa shape index (κ2) is 18.0. The summed E-state index contributed by atoms with van der Waals surface area (Å²) in [6.07, 6.45) is 0.750. The van der Waals surface area contributed by atoms with E-state index < -0.39 is 0 Å². The van der Waals surface area contributed by atoms with Crippen LogP contribution in [0.4, 0.5) is 0 Å². The molecule has 0 spiro atoms. The molecule has 0 aliphatic rings. The van der Waals surface area contributed by atoms with Gasteiger partial charge < -0.3 is 54.6 Å². The van der Waals surface area contributed by atoms with Crippen LogP contribution < -0.4 is 34.3 Å². The van der Waals surface area contributed by atoms with Crippen LogP contribution in [0.1, 0.15) is 17.5 Å². The predicted molar refractivity (Wildman–Crippen MR) is 168 cm³/mol. The first kappa shape index (κ1) is 37.2. The van der Waals surface area contributed by atoms with E-state index in [1.54, 1.807) is 14.2 Å². The standard InChI is InChI=1S/2C17H15O.C3H6.2ClH.Hf/c2*1-12-10-14-4-3-5-16(17(14)11-12)13-6-8-15(18-2)9-7-13;1-3-2;;;/h2*3-11H,1-2H3;1-3H2;2*1H;/q2*-1;-2;;;/p-2. The van der Waals surface area contributed by atoms with Gasteiger partial charge in [-0.1, -0.05) is 61.4 Å². The number of rotatable bonds is 4. The molecule has 0 radical (unpaired) electrons. The fourth-order valence-corrected chi connectivity index (χ4v) is 4.81. The van der Waals surface area contributed by atoms with Gasteiger partial charge in [0.1, 0.15) is 11.5 Å². The number of ether oxygens (including phenoxy) is 2. The van der Waals surface area contributed by atoms with Crippen LogP contribution >= 0.6 is 0 Å². The number of aryl methyl sites for hydroxylation is 2. The quantitative estimate of drug-likeness (QED) is 0.199. The molecule has 220 valence electrons. The van der Waals surface area contributed by atoms with Crippen molar-refractivity contribution in [3.63, 3.8) is 0 Å². The Bertz CT molecular complexity index is 1510. The Hall–Kier alpha value is -2.85. The van der Waals surface area contributed by atoms with Gasteiger partial charge in [0.15, 0.2) is 0 Å². The van der Waals surface area contributed by atoms with Gasteiger partial charge in [-0.15, -0.1) is 69.1 Å². The normalized spacial score (nSPS) is 9.67. The van der Waals surface area contributed by atoms with Gasteiger partial charge in [0.2, 0.25) is 0 Å². The molecule has 0 unspecified atom stereocenters. The fraction of sp³-hybridized carbons (Fsp3) is 0.135. The molecule has 6 rings (SSSR count). The second-order valence-corrected chi connectivity index (χ2v) is 9.49.